The number of halogens is 1. The maximum Gasteiger partial charge on any atom is 0.358 e. The fourth-order valence-electron chi connectivity index (χ4n) is 3.60. The van der Waals surface area contributed by atoms with Crippen molar-refractivity contribution in [1.82, 2.24) is 25.8 Å². The zero-order chi connectivity index (χ0) is 24.1. The second-order valence-electron chi connectivity index (χ2n) is 7.50. The van der Waals surface area contributed by atoms with Gasteiger partial charge in [0.1, 0.15) is 12.3 Å². The van der Waals surface area contributed by atoms with Gasteiger partial charge in [0.2, 0.25) is 11.8 Å². The van der Waals surface area contributed by atoms with Gasteiger partial charge in [0.05, 0.1) is 19.0 Å². The molecule has 0 spiro atoms. The average molecular weight is 480 g/mol. The highest BCUT2D eigenvalue weighted by atomic mass is 35.5. The van der Waals surface area contributed by atoms with Crippen LogP contribution in [0.2, 0.25) is 5.02 Å². The third-order valence-corrected chi connectivity index (χ3v) is 5.45. The number of nitrogens with one attached hydrogen (secondary N) is 2. The zero-order valence-corrected chi connectivity index (χ0v) is 18.2. The minimum absolute atomic E-state index is 0.0898. The van der Waals surface area contributed by atoms with E-state index in [1.807, 2.05) is 0 Å². The first-order valence-electron chi connectivity index (χ1n) is 10.2. The molecule has 2 heterocycles. The number of nitrogens with zero attached hydrogens (tertiary/aromatic N) is 3. The Morgan fingerprint density at radius 2 is 1.88 bits per heavy atom. The fourth-order valence-corrected chi connectivity index (χ4v) is 3.73. The lowest BCUT2D eigenvalue weighted by atomic mass is 10.1. The number of aliphatic carboxylic acids is 1. The van der Waals surface area contributed by atoms with Gasteiger partial charge in [0, 0.05) is 23.6 Å². The number of carbonyl (C=O) groups is 6. The van der Waals surface area contributed by atoms with Gasteiger partial charge in [-0.3, -0.25) is 24.6 Å². The van der Waals surface area contributed by atoms with Crippen LogP contribution in [0.15, 0.2) is 24.3 Å². The van der Waals surface area contributed by atoms with Gasteiger partial charge in [-0.25, -0.2) is 19.8 Å². The molecule has 0 radical (unpaired) electrons. The zero-order valence-electron chi connectivity index (χ0n) is 17.4. The minimum atomic E-state index is -1.29. The summed E-state index contributed by atoms with van der Waals surface area (Å²) in [6.07, 6.45) is 0.171. The lowest BCUT2D eigenvalue weighted by Gasteiger charge is -2.42. The first-order chi connectivity index (χ1) is 15.7. The highest BCUT2D eigenvalue weighted by Gasteiger charge is 2.44. The van der Waals surface area contributed by atoms with Crippen LogP contribution in [0.5, 0.6) is 0 Å². The van der Waals surface area contributed by atoms with Gasteiger partial charge in [-0.05, 0) is 37.1 Å². The van der Waals surface area contributed by atoms with Gasteiger partial charge >= 0.3 is 12.0 Å². The third kappa shape index (κ3) is 5.58. The van der Waals surface area contributed by atoms with E-state index in [0.29, 0.717) is 17.7 Å². The summed E-state index contributed by atoms with van der Waals surface area (Å²) in [6, 6.07) is 2.70. The number of amides is 5. The van der Waals surface area contributed by atoms with Crippen molar-refractivity contribution < 1.29 is 33.9 Å². The molecule has 33 heavy (non-hydrogen) atoms. The molecule has 0 aliphatic carbocycles. The molecule has 2 aliphatic rings. The van der Waals surface area contributed by atoms with E-state index in [9.17, 15) is 28.8 Å². The summed E-state index contributed by atoms with van der Waals surface area (Å²) in [4.78, 5) is 73.4. The molecule has 176 valence electrons. The monoisotopic (exact) mass is 479 g/mol. The van der Waals surface area contributed by atoms with Crippen LogP contribution in [0.4, 0.5) is 4.79 Å². The predicted octanol–water partition coefficient (Wildman–Crippen LogP) is 0.177. The van der Waals surface area contributed by atoms with Crippen molar-refractivity contribution in [3.63, 3.8) is 0 Å². The van der Waals surface area contributed by atoms with Gasteiger partial charge in [0.25, 0.3) is 5.91 Å². The molecule has 2 aliphatic heterocycles. The van der Waals surface area contributed by atoms with E-state index in [1.54, 1.807) is 0 Å². The molecule has 0 aromatic heterocycles. The molecule has 13 heteroatoms. The Balaban J connectivity index is 1.80. The number of urea groups is 1. The number of hydrazine groups is 2. The number of benzene rings is 1. The Morgan fingerprint density at radius 1 is 1.18 bits per heavy atom. The summed E-state index contributed by atoms with van der Waals surface area (Å²) in [5, 5.41) is 14.7. The first-order valence-corrected chi connectivity index (χ1v) is 10.5. The Bertz CT molecular complexity index is 970. The molecule has 3 N–H and O–H groups in total. The molecule has 1 aromatic rings. The van der Waals surface area contributed by atoms with Crippen molar-refractivity contribution >= 4 is 47.6 Å². The molecule has 1 aromatic carbocycles. The predicted molar refractivity (Wildman–Crippen MR) is 112 cm³/mol. The smallest absolute Gasteiger partial charge is 0.358 e. The van der Waals surface area contributed by atoms with Crippen molar-refractivity contribution in [1.29, 1.82) is 0 Å². The molecule has 12 nitrogen and oxygen atoms in total. The number of carbonyl (C=O) groups excluding carboxylic acids is 5. The summed E-state index contributed by atoms with van der Waals surface area (Å²) in [5.41, 5.74) is 2.68. The van der Waals surface area contributed by atoms with Gasteiger partial charge in [0.15, 0.2) is 0 Å². The third-order valence-electron chi connectivity index (χ3n) is 5.20. The summed E-state index contributed by atoms with van der Waals surface area (Å²) < 4.78 is 0. The number of hydrogen-bond donors (Lipinski definition) is 3. The van der Waals surface area contributed by atoms with Crippen molar-refractivity contribution in [2.24, 2.45) is 0 Å². The Kier molecular flexibility index (Phi) is 7.48. The van der Waals surface area contributed by atoms with Gasteiger partial charge in [-0.15, -0.1) is 0 Å². The average Bonchev–Trinajstić information content (AvgIpc) is 2.90. The maximum atomic E-state index is 13.3. The van der Waals surface area contributed by atoms with Crippen molar-refractivity contribution in [3.8, 4) is 0 Å². The molecule has 0 saturated carbocycles. The van der Waals surface area contributed by atoms with E-state index in [-0.39, 0.29) is 31.5 Å². The highest BCUT2D eigenvalue weighted by Crippen LogP contribution is 2.24. The highest BCUT2D eigenvalue weighted by molar-refractivity contribution is 6.30. The van der Waals surface area contributed by atoms with E-state index < -0.39 is 48.2 Å². The summed E-state index contributed by atoms with van der Waals surface area (Å²) in [5.74, 6) is -3.08. The second kappa shape index (κ2) is 10.3. The number of hydrogen-bond acceptors (Lipinski definition) is 6. The van der Waals surface area contributed by atoms with Gasteiger partial charge < -0.3 is 15.2 Å². The van der Waals surface area contributed by atoms with Crippen LogP contribution < -0.4 is 10.7 Å². The van der Waals surface area contributed by atoms with Gasteiger partial charge in [-0.1, -0.05) is 11.6 Å². The summed E-state index contributed by atoms with van der Waals surface area (Å²) in [6.45, 7) is 0.0773. The molecule has 2 saturated heterocycles. The number of rotatable bonds is 7. The molecule has 0 unspecified atom stereocenters. The summed E-state index contributed by atoms with van der Waals surface area (Å²) in [7, 11) is 0. The van der Waals surface area contributed by atoms with Crippen LogP contribution in [0.25, 0.3) is 0 Å². The number of carboxylic acid groups (broad SMARTS) is 1. The van der Waals surface area contributed by atoms with E-state index >= 15 is 0 Å². The Morgan fingerprint density at radius 3 is 2.52 bits per heavy atom. The quantitative estimate of drug-likeness (QED) is 0.471. The molecule has 2 atom stereocenters. The van der Waals surface area contributed by atoms with Crippen LogP contribution >= 0.6 is 11.6 Å². The van der Waals surface area contributed by atoms with E-state index in [1.165, 1.54) is 24.3 Å². The summed E-state index contributed by atoms with van der Waals surface area (Å²) >= 11 is 5.83. The van der Waals surface area contributed by atoms with Crippen molar-refractivity contribution in [2.45, 2.75) is 37.8 Å². The topological polar surface area (TPSA) is 156 Å². The number of carboxylic acids is 1. The van der Waals surface area contributed by atoms with Crippen LogP contribution in [0.1, 0.15) is 36.0 Å². The lowest BCUT2D eigenvalue weighted by molar-refractivity contribution is -0.155. The standard InChI is InChI=1S/C20H22ClN5O7/c21-13-5-3-12(4-6-13)18(31)23-24-9-7-16(28)25-8-1-2-15(26(25)20(24)33)19(32)22-14(11-27)10-17(29)30/h3-6,11,14-15H,1-2,7-10H2,(H,22,32)(H,23,31)(H,29,30)/t14-,15-/m0/s1. The molecular weight excluding hydrogens is 458 g/mol. The fraction of sp³-hybridized carbons (Fsp3) is 0.400. The van der Waals surface area contributed by atoms with Crippen LogP contribution in [-0.4, -0.2) is 81.3 Å². The second-order valence-corrected chi connectivity index (χ2v) is 7.94. The number of aldehydes is 1. The maximum absolute atomic E-state index is 13.3. The van der Waals surface area contributed by atoms with Crippen LogP contribution in [0.3, 0.4) is 0 Å². The van der Waals surface area contributed by atoms with Crippen LogP contribution in [0, 0.1) is 0 Å². The molecule has 2 fully saturated rings. The van der Waals surface area contributed by atoms with E-state index in [4.69, 9.17) is 16.7 Å². The SMILES string of the molecule is O=C[C@H](CC(=O)O)NC(=O)[C@@H]1CCCN2C(=O)CCN(NC(=O)c3ccc(Cl)cc3)C(=O)N12. The lowest BCUT2D eigenvalue weighted by Crippen LogP contribution is -2.64. The normalized spacial score (nSPS) is 19.3. The molecular formula is C20H22ClN5O7. The van der Waals surface area contributed by atoms with E-state index in [0.717, 1.165) is 15.0 Å². The van der Waals surface area contributed by atoms with Gasteiger partial charge in [-0.2, -0.15) is 0 Å². The Hall–Kier alpha value is -3.67. The first kappa shape index (κ1) is 24.0. The molecule has 3 rings (SSSR count). The van der Waals surface area contributed by atoms with Crippen molar-refractivity contribution in [3.05, 3.63) is 34.9 Å². The minimum Gasteiger partial charge on any atom is -0.481 e. The van der Waals surface area contributed by atoms with Crippen molar-refractivity contribution in [2.75, 3.05) is 13.1 Å². The Labute approximate surface area is 193 Å². The largest absolute Gasteiger partial charge is 0.481 e. The van der Waals surface area contributed by atoms with E-state index in [2.05, 4.69) is 10.7 Å². The molecule has 0 bridgehead atoms. The molecule has 5 amide bonds. The number of fused-ring (bicyclic) bond motifs is 1. The van der Waals surface area contributed by atoms with Crippen LogP contribution in [-0.2, 0) is 19.2 Å².